The third-order valence-corrected chi connectivity index (χ3v) is 4.13. The molecule has 1 saturated carbocycles. The standard InChI is InChI=1S/C11H11ClN6OS/c12-6-1-4-8(10(13)15-19)9(5-6)20-11-14-16-17-18(11)7-2-3-7/h1,4-5,7,19H,2-3H2,(H2,13,15). The van der Waals surface area contributed by atoms with E-state index in [1.54, 1.807) is 22.9 Å². The number of amidine groups is 1. The first-order valence-corrected chi connectivity index (χ1v) is 7.11. The van der Waals surface area contributed by atoms with E-state index in [0.29, 0.717) is 21.8 Å². The van der Waals surface area contributed by atoms with Gasteiger partial charge >= 0.3 is 0 Å². The second kappa shape index (κ2) is 5.29. The molecule has 1 aliphatic rings. The summed E-state index contributed by atoms with van der Waals surface area (Å²) in [7, 11) is 0. The summed E-state index contributed by atoms with van der Waals surface area (Å²) in [6.45, 7) is 0. The van der Waals surface area contributed by atoms with Crippen molar-refractivity contribution in [3.8, 4) is 0 Å². The van der Waals surface area contributed by atoms with Crippen molar-refractivity contribution in [2.24, 2.45) is 10.9 Å². The first-order chi connectivity index (χ1) is 9.69. The Labute approximate surface area is 123 Å². The van der Waals surface area contributed by atoms with Crippen LogP contribution in [0.1, 0.15) is 24.4 Å². The van der Waals surface area contributed by atoms with Crippen molar-refractivity contribution in [3.05, 3.63) is 28.8 Å². The number of hydrogen-bond acceptors (Lipinski definition) is 6. The Morgan fingerprint density at radius 2 is 2.30 bits per heavy atom. The van der Waals surface area contributed by atoms with Crippen LogP contribution in [-0.4, -0.2) is 31.3 Å². The number of nitrogens with zero attached hydrogens (tertiary/aromatic N) is 5. The Morgan fingerprint density at radius 1 is 1.50 bits per heavy atom. The zero-order valence-corrected chi connectivity index (χ0v) is 11.8. The van der Waals surface area contributed by atoms with E-state index >= 15 is 0 Å². The second-order valence-corrected chi connectivity index (χ2v) is 5.81. The van der Waals surface area contributed by atoms with Crippen LogP contribution in [0.3, 0.4) is 0 Å². The Morgan fingerprint density at radius 3 is 3.00 bits per heavy atom. The van der Waals surface area contributed by atoms with Crippen LogP contribution in [0, 0.1) is 0 Å². The van der Waals surface area contributed by atoms with Crippen molar-refractivity contribution in [2.75, 3.05) is 0 Å². The Kier molecular flexibility index (Phi) is 3.49. The van der Waals surface area contributed by atoms with Crippen LogP contribution in [0.5, 0.6) is 0 Å². The molecule has 0 spiro atoms. The van der Waals surface area contributed by atoms with Gasteiger partial charge in [-0.05, 0) is 53.2 Å². The van der Waals surface area contributed by atoms with Crippen molar-refractivity contribution in [1.29, 1.82) is 0 Å². The van der Waals surface area contributed by atoms with Gasteiger partial charge in [0, 0.05) is 15.5 Å². The normalized spacial score (nSPS) is 15.6. The molecule has 0 unspecified atom stereocenters. The lowest BCUT2D eigenvalue weighted by Gasteiger charge is -2.08. The topological polar surface area (TPSA) is 102 Å². The molecule has 0 radical (unpaired) electrons. The van der Waals surface area contributed by atoms with E-state index in [0.717, 1.165) is 17.7 Å². The number of tetrazole rings is 1. The molecule has 0 saturated heterocycles. The monoisotopic (exact) mass is 310 g/mol. The Balaban J connectivity index is 1.96. The minimum absolute atomic E-state index is 0.0228. The van der Waals surface area contributed by atoms with Crippen LogP contribution in [0.15, 0.2) is 33.4 Å². The number of oxime groups is 1. The SMILES string of the molecule is NC(=NO)c1ccc(Cl)cc1Sc1nnnn1C1CC1. The molecule has 20 heavy (non-hydrogen) atoms. The van der Waals surface area contributed by atoms with Crippen LogP contribution in [0.4, 0.5) is 0 Å². The minimum atomic E-state index is 0.0228. The first kappa shape index (κ1) is 13.2. The van der Waals surface area contributed by atoms with Crippen molar-refractivity contribution in [1.82, 2.24) is 20.2 Å². The van der Waals surface area contributed by atoms with Gasteiger partial charge in [-0.15, -0.1) is 5.10 Å². The average molecular weight is 311 g/mol. The van der Waals surface area contributed by atoms with E-state index in [9.17, 15) is 0 Å². The van der Waals surface area contributed by atoms with Gasteiger partial charge in [-0.1, -0.05) is 16.8 Å². The van der Waals surface area contributed by atoms with Crippen LogP contribution >= 0.6 is 23.4 Å². The van der Waals surface area contributed by atoms with Crippen molar-refractivity contribution < 1.29 is 5.21 Å². The summed E-state index contributed by atoms with van der Waals surface area (Å²) < 4.78 is 1.79. The van der Waals surface area contributed by atoms with E-state index in [4.69, 9.17) is 22.5 Å². The Bertz CT molecular complexity index is 669. The lowest BCUT2D eigenvalue weighted by molar-refractivity contribution is 0.318. The lowest BCUT2D eigenvalue weighted by Crippen LogP contribution is -2.14. The summed E-state index contributed by atoms with van der Waals surface area (Å²) in [5, 5.41) is 24.8. The molecule has 1 aromatic carbocycles. The largest absolute Gasteiger partial charge is 0.409 e. The van der Waals surface area contributed by atoms with Gasteiger partial charge in [-0.25, -0.2) is 4.68 Å². The van der Waals surface area contributed by atoms with E-state index in [-0.39, 0.29) is 5.84 Å². The van der Waals surface area contributed by atoms with E-state index in [2.05, 4.69) is 20.7 Å². The summed E-state index contributed by atoms with van der Waals surface area (Å²) >= 11 is 7.35. The molecule has 104 valence electrons. The second-order valence-electron chi connectivity index (χ2n) is 4.36. The summed E-state index contributed by atoms with van der Waals surface area (Å²) in [6, 6.07) is 5.50. The predicted molar refractivity (Wildman–Crippen MR) is 74.2 cm³/mol. The highest BCUT2D eigenvalue weighted by Crippen LogP contribution is 2.39. The number of rotatable bonds is 4. The number of nitrogens with two attached hydrogens (primary N) is 1. The molecule has 1 heterocycles. The molecule has 0 aliphatic heterocycles. The van der Waals surface area contributed by atoms with Gasteiger partial charge in [0.05, 0.1) is 6.04 Å². The van der Waals surface area contributed by atoms with E-state index in [1.807, 2.05) is 0 Å². The van der Waals surface area contributed by atoms with E-state index in [1.165, 1.54) is 11.8 Å². The quantitative estimate of drug-likeness (QED) is 0.387. The number of halogens is 1. The average Bonchev–Trinajstić information content (AvgIpc) is 3.19. The van der Waals surface area contributed by atoms with Gasteiger partial charge in [0.1, 0.15) is 0 Å². The molecule has 0 amide bonds. The van der Waals surface area contributed by atoms with Gasteiger partial charge in [-0.2, -0.15) is 0 Å². The lowest BCUT2D eigenvalue weighted by atomic mass is 10.2. The molecule has 0 bridgehead atoms. The molecule has 3 N–H and O–H groups in total. The first-order valence-electron chi connectivity index (χ1n) is 5.92. The minimum Gasteiger partial charge on any atom is -0.409 e. The maximum atomic E-state index is 8.84. The highest BCUT2D eigenvalue weighted by Gasteiger charge is 2.28. The molecule has 9 heteroatoms. The highest BCUT2D eigenvalue weighted by molar-refractivity contribution is 7.99. The van der Waals surface area contributed by atoms with Crippen molar-refractivity contribution in [2.45, 2.75) is 28.9 Å². The fraction of sp³-hybridized carbons (Fsp3) is 0.273. The van der Waals surface area contributed by atoms with E-state index < -0.39 is 0 Å². The number of hydrogen-bond donors (Lipinski definition) is 2. The smallest absolute Gasteiger partial charge is 0.214 e. The van der Waals surface area contributed by atoms with Gasteiger partial charge in [0.25, 0.3) is 0 Å². The molecule has 2 aromatic rings. The molecule has 7 nitrogen and oxygen atoms in total. The van der Waals surface area contributed by atoms with Crippen molar-refractivity contribution >= 4 is 29.2 Å². The molecule has 1 fully saturated rings. The van der Waals surface area contributed by atoms with Gasteiger partial charge in [0.15, 0.2) is 5.84 Å². The predicted octanol–water partition coefficient (Wildman–Crippen LogP) is 1.91. The van der Waals surface area contributed by atoms with Crippen LogP contribution in [0.25, 0.3) is 0 Å². The molecular formula is C11H11ClN6OS. The summed E-state index contributed by atoms with van der Waals surface area (Å²) in [5.41, 5.74) is 6.26. The molecular weight excluding hydrogens is 300 g/mol. The fourth-order valence-corrected chi connectivity index (χ4v) is 3.00. The molecule has 0 atom stereocenters. The Hall–Kier alpha value is -1.80. The fourth-order valence-electron chi connectivity index (χ4n) is 1.75. The van der Waals surface area contributed by atoms with Gasteiger partial charge < -0.3 is 10.9 Å². The van der Waals surface area contributed by atoms with Crippen LogP contribution < -0.4 is 5.73 Å². The van der Waals surface area contributed by atoms with Gasteiger partial charge in [0.2, 0.25) is 5.16 Å². The maximum Gasteiger partial charge on any atom is 0.214 e. The zero-order chi connectivity index (χ0) is 14.1. The summed E-state index contributed by atoms with van der Waals surface area (Å²) in [4.78, 5) is 0.740. The highest BCUT2D eigenvalue weighted by atomic mass is 35.5. The van der Waals surface area contributed by atoms with Crippen LogP contribution in [0.2, 0.25) is 5.02 Å². The molecule has 1 aromatic heterocycles. The van der Waals surface area contributed by atoms with Crippen LogP contribution in [-0.2, 0) is 0 Å². The number of aromatic nitrogens is 4. The third kappa shape index (κ3) is 2.56. The summed E-state index contributed by atoms with van der Waals surface area (Å²) in [5.74, 6) is 0.0228. The van der Waals surface area contributed by atoms with Gasteiger partial charge in [-0.3, -0.25) is 0 Å². The number of benzene rings is 1. The summed E-state index contributed by atoms with van der Waals surface area (Å²) in [6.07, 6.45) is 2.17. The third-order valence-electron chi connectivity index (χ3n) is 2.88. The zero-order valence-electron chi connectivity index (χ0n) is 10.3. The maximum absolute atomic E-state index is 8.84. The molecule has 3 rings (SSSR count). The molecule has 1 aliphatic carbocycles. The van der Waals surface area contributed by atoms with Crippen molar-refractivity contribution in [3.63, 3.8) is 0 Å².